The number of aliphatic hydroxyl groups excluding tert-OH is 1. The normalized spacial score (nSPS) is 14.3. The largest absolute Gasteiger partial charge is 0.391 e. The van der Waals surface area contributed by atoms with Gasteiger partial charge < -0.3 is 21.3 Å². The number of primary amides is 1. The van der Waals surface area contributed by atoms with Gasteiger partial charge in [0.2, 0.25) is 0 Å². The smallest absolute Gasteiger partial charge is 0.312 e. The first-order chi connectivity index (χ1) is 10.7. The Morgan fingerprint density at radius 3 is 2.65 bits per heavy atom. The molecule has 23 heavy (non-hydrogen) atoms. The highest BCUT2D eigenvalue weighted by Gasteiger charge is 2.21. The summed E-state index contributed by atoms with van der Waals surface area (Å²) in [6.07, 6.45) is 2.10. The summed E-state index contributed by atoms with van der Waals surface area (Å²) in [7, 11) is 0. The van der Waals surface area contributed by atoms with E-state index in [0.717, 1.165) is 6.42 Å². The predicted molar refractivity (Wildman–Crippen MR) is 87.4 cm³/mol. The zero-order chi connectivity index (χ0) is 17.5. The van der Waals surface area contributed by atoms with Crippen molar-refractivity contribution in [1.82, 2.24) is 5.32 Å². The molecule has 0 aliphatic carbocycles. The quantitative estimate of drug-likeness (QED) is 0.523. The van der Waals surface area contributed by atoms with Gasteiger partial charge in [0, 0.05) is 0 Å². The number of benzene rings is 1. The first kappa shape index (κ1) is 19.4. The van der Waals surface area contributed by atoms with E-state index in [0.29, 0.717) is 31.2 Å². The first-order valence-electron chi connectivity index (χ1n) is 7.88. The zero-order valence-corrected chi connectivity index (χ0v) is 13.8. The molecule has 0 aliphatic heterocycles. The lowest BCUT2D eigenvalue weighted by Gasteiger charge is -2.24. The highest BCUT2D eigenvalue weighted by Crippen LogP contribution is 2.16. The molecule has 6 heteroatoms. The molecule has 5 nitrogen and oxygen atoms in total. The number of carbonyl (C=O) groups excluding carboxylic acids is 1. The maximum Gasteiger partial charge on any atom is 0.312 e. The number of urea groups is 1. The molecule has 1 aromatic rings. The minimum atomic E-state index is -0.785. The van der Waals surface area contributed by atoms with Crippen LogP contribution >= 0.6 is 0 Å². The van der Waals surface area contributed by atoms with Crippen LogP contribution in [0.2, 0.25) is 0 Å². The molecule has 0 aromatic heterocycles. The van der Waals surface area contributed by atoms with Gasteiger partial charge in [-0.15, -0.1) is 0 Å². The van der Waals surface area contributed by atoms with E-state index in [9.17, 15) is 19.4 Å². The van der Waals surface area contributed by atoms with Crippen LogP contribution in [-0.4, -0.2) is 34.0 Å². The van der Waals surface area contributed by atoms with Crippen molar-refractivity contribution in [2.45, 2.75) is 63.7 Å². The summed E-state index contributed by atoms with van der Waals surface area (Å²) in [6.45, 7) is 3.48. The predicted octanol–water partition coefficient (Wildman–Crippen LogP) is 2.10. The number of hydrogen-bond donors (Lipinski definition) is 4. The molecule has 1 rings (SSSR count). The number of hydrogen-bond acceptors (Lipinski definition) is 3. The van der Waals surface area contributed by atoms with Gasteiger partial charge in [-0.2, -0.15) is 0 Å². The Bertz CT molecular complexity index is 503. The Kier molecular flexibility index (Phi) is 7.45. The number of nitrogens with two attached hydrogens (primary N) is 1. The number of aliphatic hydroxyl groups is 2. The lowest BCUT2D eigenvalue weighted by atomic mass is 9.95. The van der Waals surface area contributed by atoms with Crippen LogP contribution in [0, 0.1) is 5.82 Å². The Morgan fingerprint density at radius 2 is 2.09 bits per heavy atom. The van der Waals surface area contributed by atoms with E-state index >= 15 is 0 Å². The zero-order valence-electron chi connectivity index (χ0n) is 13.8. The van der Waals surface area contributed by atoms with Crippen molar-refractivity contribution in [3.05, 3.63) is 35.6 Å². The van der Waals surface area contributed by atoms with Crippen molar-refractivity contribution in [1.29, 1.82) is 0 Å². The van der Waals surface area contributed by atoms with Crippen LogP contribution in [-0.2, 0) is 6.42 Å². The monoisotopic (exact) mass is 326 g/mol. The average molecular weight is 326 g/mol. The highest BCUT2D eigenvalue weighted by molar-refractivity contribution is 5.72. The second kappa shape index (κ2) is 8.84. The van der Waals surface area contributed by atoms with E-state index in [1.54, 1.807) is 26.0 Å². The molecule has 0 saturated carbocycles. The van der Waals surface area contributed by atoms with E-state index in [-0.39, 0.29) is 5.82 Å². The summed E-state index contributed by atoms with van der Waals surface area (Å²) < 4.78 is 13.2. The number of nitrogens with one attached hydrogen (secondary N) is 1. The number of unbranched alkanes of at least 4 members (excludes halogenated alkanes) is 1. The molecule has 2 amide bonds. The van der Waals surface area contributed by atoms with Crippen molar-refractivity contribution in [2.24, 2.45) is 5.73 Å². The molecule has 0 spiro atoms. The summed E-state index contributed by atoms with van der Waals surface area (Å²) in [6, 6.07) is 4.74. The van der Waals surface area contributed by atoms with Gasteiger partial charge >= 0.3 is 6.03 Å². The fourth-order valence-corrected chi connectivity index (χ4v) is 2.50. The standard InChI is InChI=1S/C17H27FN2O3/c1-17(2,23)9-4-3-8-15(21)14(20-16(19)22)11-12-6-5-7-13(18)10-12/h5-7,10,14-15,21,23H,3-4,8-9,11H2,1-2H3,(H3,19,20,22). The van der Waals surface area contributed by atoms with Crippen LogP contribution < -0.4 is 11.1 Å². The van der Waals surface area contributed by atoms with Gasteiger partial charge in [-0.1, -0.05) is 25.0 Å². The second-order valence-electron chi connectivity index (χ2n) is 6.57. The number of rotatable bonds is 9. The fraction of sp³-hybridized carbons (Fsp3) is 0.588. The van der Waals surface area contributed by atoms with Crippen molar-refractivity contribution < 1.29 is 19.4 Å². The lowest BCUT2D eigenvalue weighted by molar-refractivity contribution is 0.0646. The van der Waals surface area contributed by atoms with Crippen LogP contribution in [0.4, 0.5) is 9.18 Å². The fourth-order valence-electron chi connectivity index (χ4n) is 2.50. The second-order valence-corrected chi connectivity index (χ2v) is 6.57. The molecular weight excluding hydrogens is 299 g/mol. The number of carbonyl (C=O) groups is 1. The third kappa shape index (κ3) is 8.52. The van der Waals surface area contributed by atoms with Gasteiger partial charge in [0.15, 0.2) is 0 Å². The highest BCUT2D eigenvalue weighted by atomic mass is 19.1. The van der Waals surface area contributed by atoms with Crippen LogP contribution in [0.5, 0.6) is 0 Å². The third-order valence-electron chi connectivity index (χ3n) is 3.68. The molecule has 2 atom stereocenters. The molecule has 0 aliphatic rings. The maximum atomic E-state index is 13.2. The van der Waals surface area contributed by atoms with Gasteiger partial charge in [-0.25, -0.2) is 9.18 Å². The third-order valence-corrected chi connectivity index (χ3v) is 3.68. The number of amides is 2. The first-order valence-corrected chi connectivity index (χ1v) is 7.88. The minimum absolute atomic E-state index is 0.299. The summed E-state index contributed by atoms with van der Waals surface area (Å²) in [5.74, 6) is -0.361. The Hall–Kier alpha value is -1.66. The molecule has 0 saturated heterocycles. The Labute approximate surface area is 136 Å². The topological polar surface area (TPSA) is 95.6 Å². The van der Waals surface area contributed by atoms with Gasteiger partial charge in [-0.3, -0.25) is 0 Å². The Balaban J connectivity index is 2.57. The molecule has 2 unspecified atom stereocenters. The van der Waals surface area contributed by atoms with Gasteiger partial charge in [0.05, 0.1) is 17.7 Å². The molecule has 5 N–H and O–H groups in total. The summed E-state index contributed by atoms with van der Waals surface area (Å²) in [4.78, 5) is 11.1. The van der Waals surface area contributed by atoms with Gasteiger partial charge in [0.25, 0.3) is 0 Å². The average Bonchev–Trinajstić information content (AvgIpc) is 2.41. The Morgan fingerprint density at radius 1 is 1.39 bits per heavy atom. The van der Waals surface area contributed by atoms with Gasteiger partial charge in [-0.05, 0) is 50.8 Å². The van der Waals surface area contributed by atoms with Crippen LogP contribution in [0.15, 0.2) is 24.3 Å². The molecule has 0 fully saturated rings. The van der Waals surface area contributed by atoms with Gasteiger partial charge in [0.1, 0.15) is 5.82 Å². The summed E-state index contributed by atoms with van der Waals surface area (Å²) in [5, 5.41) is 22.5. The van der Waals surface area contributed by atoms with E-state index in [1.165, 1.54) is 12.1 Å². The van der Waals surface area contributed by atoms with Crippen molar-refractivity contribution in [2.75, 3.05) is 0 Å². The molecule has 0 bridgehead atoms. The summed E-state index contributed by atoms with van der Waals surface area (Å²) in [5.41, 5.74) is 5.11. The van der Waals surface area contributed by atoms with E-state index < -0.39 is 23.8 Å². The van der Waals surface area contributed by atoms with E-state index in [2.05, 4.69) is 5.32 Å². The van der Waals surface area contributed by atoms with E-state index in [1.807, 2.05) is 0 Å². The molecule has 130 valence electrons. The molecule has 0 radical (unpaired) electrons. The van der Waals surface area contributed by atoms with Crippen molar-refractivity contribution in [3.63, 3.8) is 0 Å². The van der Waals surface area contributed by atoms with Crippen LogP contribution in [0.25, 0.3) is 0 Å². The SMILES string of the molecule is CC(C)(O)CCCCC(O)C(Cc1cccc(F)c1)NC(N)=O. The molecule has 0 heterocycles. The van der Waals surface area contributed by atoms with Crippen LogP contribution in [0.3, 0.4) is 0 Å². The minimum Gasteiger partial charge on any atom is -0.391 e. The molecule has 1 aromatic carbocycles. The van der Waals surface area contributed by atoms with Crippen molar-refractivity contribution >= 4 is 6.03 Å². The van der Waals surface area contributed by atoms with Crippen molar-refractivity contribution in [3.8, 4) is 0 Å². The molecular formula is C17H27FN2O3. The summed E-state index contributed by atoms with van der Waals surface area (Å²) >= 11 is 0. The number of halogens is 1. The lowest BCUT2D eigenvalue weighted by Crippen LogP contribution is -2.47. The maximum absolute atomic E-state index is 13.2. The van der Waals surface area contributed by atoms with E-state index in [4.69, 9.17) is 5.73 Å². The van der Waals surface area contributed by atoms with Crippen LogP contribution in [0.1, 0.15) is 45.1 Å².